The molecule has 0 bridgehead atoms. The molecule has 26 heavy (non-hydrogen) atoms. The van der Waals surface area contributed by atoms with Gasteiger partial charge in [0.2, 0.25) is 5.91 Å². The number of amides is 1. The van der Waals surface area contributed by atoms with Gasteiger partial charge in [-0.2, -0.15) is 4.99 Å². The van der Waals surface area contributed by atoms with Gasteiger partial charge >= 0.3 is 17.9 Å². The van der Waals surface area contributed by atoms with E-state index in [1.165, 1.54) is 13.8 Å². The summed E-state index contributed by atoms with van der Waals surface area (Å²) in [6.07, 6.45) is -4.39. The molecule has 1 amide bonds. The van der Waals surface area contributed by atoms with Gasteiger partial charge in [0.05, 0.1) is 5.16 Å². The molecule has 0 aliphatic carbocycles. The number of hydrogen-bond donors (Lipinski definition) is 1. The van der Waals surface area contributed by atoms with Crippen molar-refractivity contribution in [3.8, 4) is 0 Å². The van der Waals surface area contributed by atoms with Crippen LogP contribution in [0.5, 0.6) is 0 Å². The Morgan fingerprint density at radius 2 is 1.62 bits per heavy atom. The molecule has 1 rings (SSSR count). The van der Waals surface area contributed by atoms with Crippen molar-refractivity contribution < 1.29 is 38.1 Å². The van der Waals surface area contributed by atoms with E-state index in [2.05, 4.69) is 27.7 Å². The Labute approximate surface area is 155 Å². The van der Waals surface area contributed by atoms with E-state index >= 15 is 0 Å². The molecular weight excluding hydrogens is 368 g/mol. The number of rotatable bonds is 6. The van der Waals surface area contributed by atoms with Gasteiger partial charge in [0, 0.05) is 27.7 Å². The number of aliphatic imine (C=N–C) groups is 1. The first-order valence-corrected chi connectivity index (χ1v) is 8.03. The van der Waals surface area contributed by atoms with Crippen LogP contribution in [-0.4, -0.2) is 66.2 Å². The Hall–Kier alpha value is -2.36. The highest BCUT2D eigenvalue weighted by Crippen LogP contribution is 2.27. The molecule has 1 fully saturated rings. The van der Waals surface area contributed by atoms with Crippen molar-refractivity contribution in [2.24, 2.45) is 4.99 Å². The number of nitrogens with one attached hydrogen (secondary N) is 1. The van der Waals surface area contributed by atoms with Crippen LogP contribution < -0.4 is 5.32 Å². The number of esters is 3. The summed E-state index contributed by atoms with van der Waals surface area (Å²) in [6.45, 7) is 4.46. The van der Waals surface area contributed by atoms with Crippen LogP contribution in [0.15, 0.2) is 4.99 Å². The lowest BCUT2D eigenvalue weighted by atomic mass is 9.95. The second-order valence-corrected chi connectivity index (χ2v) is 5.65. The summed E-state index contributed by atoms with van der Waals surface area (Å²) in [4.78, 5) is 49.5. The molecule has 0 saturated carbocycles. The molecule has 1 saturated heterocycles. The predicted octanol–water partition coefficient (Wildman–Crippen LogP) is -0.255. The fraction of sp³-hybridized carbons (Fsp3) is 0.667. The molecule has 0 aromatic rings. The molecule has 0 aromatic carbocycles. The minimum Gasteiger partial charge on any atom is -0.463 e. The van der Waals surface area contributed by atoms with E-state index in [0.717, 1.165) is 13.8 Å². The lowest BCUT2D eigenvalue weighted by molar-refractivity contribution is -0.222. The molecule has 1 N–H and O–H groups in total. The highest BCUT2D eigenvalue weighted by molar-refractivity contribution is 7.78. The number of hydrogen-bond acceptors (Lipinski definition) is 10. The van der Waals surface area contributed by atoms with E-state index in [1.807, 2.05) is 0 Å². The standard InChI is InChI=1S/C15H20N2O8S/c1-7(18)17-12-14(24-10(4)21)13(23-9(3)20)11(5-22-8(2)19)25-15(12)16-6-26/h11-15H,5H2,1-4H3,(H,17,18)/t11-,12-,13-,14-,15?/m1/s1. The average Bonchev–Trinajstić information content (AvgIpc) is 2.50. The third-order valence-electron chi connectivity index (χ3n) is 3.27. The average molecular weight is 388 g/mol. The summed E-state index contributed by atoms with van der Waals surface area (Å²) in [7, 11) is 0. The van der Waals surface area contributed by atoms with Crippen molar-refractivity contribution in [1.82, 2.24) is 5.32 Å². The molecule has 0 aromatic heterocycles. The number of nitrogens with zero attached hydrogens (tertiary/aromatic N) is 1. The maximum atomic E-state index is 11.5. The van der Waals surface area contributed by atoms with E-state index < -0.39 is 54.4 Å². The Morgan fingerprint density at radius 3 is 2.08 bits per heavy atom. The van der Waals surface area contributed by atoms with Crippen molar-refractivity contribution in [3.05, 3.63) is 0 Å². The topological polar surface area (TPSA) is 130 Å². The van der Waals surface area contributed by atoms with Crippen LogP contribution >= 0.6 is 12.2 Å². The number of thiocarbonyl (C=S) groups is 1. The molecule has 144 valence electrons. The van der Waals surface area contributed by atoms with E-state index in [9.17, 15) is 19.2 Å². The van der Waals surface area contributed by atoms with Crippen LogP contribution in [0.1, 0.15) is 27.7 Å². The lowest BCUT2D eigenvalue weighted by Gasteiger charge is -2.43. The smallest absolute Gasteiger partial charge is 0.303 e. The summed E-state index contributed by atoms with van der Waals surface area (Å²) < 4.78 is 21.1. The van der Waals surface area contributed by atoms with Crippen LogP contribution in [0.25, 0.3) is 0 Å². The zero-order valence-corrected chi connectivity index (χ0v) is 15.5. The van der Waals surface area contributed by atoms with Gasteiger partial charge in [-0.1, -0.05) is 0 Å². The molecule has 0 spiro atoms. The monoisotopic (exact) mass is 388 g/mol. The van der Waals surface area contributed by atoms with E-state index in [4.69, 9.17) is 18.9 Å². The van der Waals surface area contributed by atoms with Crippen molar-refractivity contribution in [2.45, 2.75) is 58.3 Å². The second kappa shape index (κ2) is 9.95. The second-order valence-electron chi connectivity index (χ2n) is 5.46. The third-order valence-corrected chi connectivity index (χ3v) is 3.38. The highest BCUT2D eigenvalue weighted by atomic mass is 32.1. The largest absolute Gasteiger partial charge is 0.463 e. The van der Waals surface area contributed by atoms with Crippen molar-refractivity contribution in [1.29, 1.82) is 0 Å². The van der Waals surface area contributed by atoms with E-state index in [1.54, 1.807) is 0 Å². The summed E-state index contributed by atoms with van der Waals surface area (Å²) in [5.41, 5.74) is 0. The normalized spacial score (nSPS) is 27.5. The fourth-order valence-corrected chi connectivity index (χ4v) is 2.57. The lowest BCUT2D eigenvalue weighted by Crippen LogP contribution is -2.65. The SMILES string of the molecule is CC(=O)N[C@H]1C(N=C=S)O[C@H](COC(C)=O)[C@@H](OC(C)=O)[C@@H]1OC(C)=O. The summed E-state index contributed by atoms with van der Waals surface area (Å²) in [5.74, 6) is -2.40. The highest BCUT2D eigenvalue weighted by Gasteiger charge is 2.50. The minimum atomic E-state index is -1.15. The molecule has 1 heterocycles. The van der Waals surface area contributed by atoms with Crippen LogP contribution in [0.3, 0.4) is 0 Å². The maximum Gasteiger partial charge on any atom is 0.303 e. The molecule has 10 nitrogen and oxygen atoms in total. The third kappa shape index (κ3) is 6.51. The molecule has 5 atom stereocenters. The van der Waals surface area contributed by atoms with Gasteiger partial charge in [-0.05, 0) is 12.2 Å². The first kappa shape index (κ1) is 21.7. The van der Waals surface area contributed by atoms with Crippen LogP contribution in [0, 0.1) is 0 Å². The quantitative estimate of drug-likeness (QED) is 0.283. The molecule has 1 unspecified atom stereocenters. The minimum absolute atomic E-state index is 0.290. The molecule has 11 heteroatoms. The Bertz CT molecular complexity index is 619. The zero-order chi connectivity index (χ0) is 19.9. The summed E-state index contributed by atoms with van der Waals surface area (Å²) in [5, 5.41) is 4.67. The van der Waals surface area contributed by atoms with Crippen molar-refractivity contribution >= 4 is 41.2 Å². The number of isothiocyanates is 1. The fourth-order valence-electron chi connectivity index (χ4n) is 2.47. The molecular formula is C15H20N2O8S. The van der Waals surface area contributed by atoms with E-state index in [0.29, 0.717) is 0 Å². The van der Waals surface area contributed by atoms with Gasteiger partial charge in [0.15, 0.2) is 18.4 Å². The number of carbonyl (C=O) groups excluding carboxylic acids is 4. The van der Waals surface area contributed by atoms with Crippen LogP contribution in [-0.2, 0) is 38.1 Å². The first-order valence-electron chi connectivity index (χ1n) is 7.63. The Kier molecular flexibility index (Phi) is 8.30. The maximum absolute atomic E-state index is 11.5. The molecule has 1 aliphatic rings. The Morgan fingerprint density at radius 1 is 1.04 bits per heavy atom. The van der Waals surface area contributed by atoms with Crippen molar-refractivity contribution in [3.63, 3.8) is 0 Å². The van der Waals surface area contributed by atoms with Gasteiger partial charge < -0.3 is 24.3 Å². The van der Waals surface area contributed by atoms with Gasteiger partial charge in [-0.15, -0.1) is 0 Å². The Balaban J connectivity index is 3.28. The summed E-state index contributed by atoms with van der Waals surface area (Å²) in [6, 6.07) is -0.996. The van der Waals surface area contributed by atoms with E-state index in [-0.39, 0.29) is 6.61 Å². The summed E-state index contributed by atoms with van der Waals surface area (Å²) >= 11 is 4.58. The van der Waals surface area contributed by atoms with Crippen LogP contribution in [0.2, 0.25) is 0 Å². The number of ether oxygens (including phenoxy) is 4. The number of carbonyl (C=O) groups is 4. The zero-order valence-electron chi connectivity index (χ0n) is 14.7. The molecule has 0 radical (unpaired) electrons. The predicted molar refractivity (Wildman–Crippen MR) is 89.0 cm³/mol. The van der Waals surface area contributed by atoms with Gasteiger partial charge in [-0.3, -0.25) is 19.2 Å². The van der Waals surface area contributed by atoms with Crippen LogP contribution in [0.4, 0.5) is 0 Å². The van der Waals surface area contributed by atoms with Crippen molar-refractivity contribution in [2.75, 3.05) is 6.61 Å². The van der Waals surface area contributed by atoms with Gasteiger partial charge in [0.25, 0.3) is 0 Å². The molecule has 1 aliphatic heterocycles. The van der Waals surface area contributed by atoms with Gasteiger partial charge in [-0.25, -0.2) is 0 Å². The first-order chi connectivity index (χ1) is 12.1. The van der Waals surface area contributed by atoms with Gasteiger partial charge in [0.1, 0.15) is 18.8 Å².